The predicted molar refractivity (Wildman–Crippen MR) is 67.6 cm³/mol. The molecule has 2 N–H and O–H groups in total. The normalized spacial score (nSPS) is 20.2. The van der Waals surface area contributed by atoms with E-state index in [1.54, 1.807) is 23.1 Å². The Balaban J connectivity index is 2.21. The van der Waals surface area contributed by atoms with E-state index in [1.165, 1.54) is 0 Å². The largest absolute Gasteiger partial charge is 0.337 e. The molecule has 0 aliphatic carbocycles. The average Bonchev–Trinajstić information content (AvgIpc) is 2.64. The lowest BCUT2D eigenvalue weighted by Crippen LogP contribution is -2.32. The van der Waals surface area contributed by atoms with Crippen LogP contribution in [0.25, 0.3) is 0 Å². The lowest BCUT2D eigenvalue weighted by Gasteiger charge is -2.16. The van der Waals surface area contributed by atoms with Crippen LogP contribution in [0, 0.1) is 0 Å². The SMILES string of the molecule is N[C@@H]1CCN(C(=O)c2ccc(Cl)cc2Br)C1. The number of carbonyl (C=O) groups excluding carboxylic acids is 1. The third-order valence-corrected chi connectivity index (χ3v) is 3.56. The van der Waals surface area contributed by atoms with Crippen molar-refractivity contribution in [2.75, 3.05) is 13.1 Å². The zero-order valence-corrected chi connectivity index (χ0v) is 11.0. The van der Waals surface area contributed by atoms with Crippen LogP contribution in [0.1, 0.15) is 16.8 Å². The first-order chi connectivity index (χ1) is 7.58. The van der Waals surface area contributed by atoms with Crippen molar-refractivity contribution >= 4 is 33.4 Å². The zero-order chi connectivity index (χ0) is 11.7. The molecule has 0 spiro atoms. The first kappa shape index (κ1) is 11.9. The third-order valence-electron chi connectivity index (χ3n) is 2.67. The molecule has 1 aliphatic rings. The van der Waals surface area contributed by atoms with Crippen LogP contribution in [-0.2, 0) is 0 Å². The topological polar surface area (TPSA) is 46.3 Å². The Hall–Kier alpha value is -0.580. The minimum atomic E-state index is 0.0106. The summed E-state index contributed by atoms with van der Waals surface area (Å²) in [4.78, 5) is 13.9. The molecule has 1 saturated heterocycles. The maximum atomic E-state index is 12.1. The number of carbonyl (C=O) groups is 1. The van der Waals surface area contributed by atoms with Gasteiger partial charge in [0, 0.05) is 28.6 Å². The molecular weight excluding hydrogens is 291 g/mol. The first-order valence-corrected chi connectivity index (χ1v) is 6.25. The lowest BCUT2D eigenvalue weighted by molar-refractivity contribution is 0.0790. The van der Waals surface area contributed by atoms with E-state index < -0.39 is 0 Å². The molecule has 1 atom stereocenters. The number of amides is 1. The molecule has 1 aromatic rings. The van der Waals surface area contributed by atoms with Crippen LogP contribution in [0.15, 0.2) is 22.7 Å². The minimum absolute atomic E-state index is 0.0106. The van der Waals surface area contributed by atoms with Gasteiger partial charge in [-0.1, -0.05) is 11.6 Å². The summed E-state index contributed by atoms with van der Waals surface area (Å²) in [6.07, 6.45) is 0.872. The second-order valence-electron chi connectivity index (χ2n) is 3.92. The first-order valence-electron chi connectivity index (χ1n) is 5.08. The summed E-state index contributed by atoms with van der Waals surface area (Å²) in [6, 6.07) is 5.29. The van der Waals surface area contributed by atoms with Crippen LogP contribution in [-0.4, -0.2) is 29.9 Å². The Bertz CT molecular complexity index is 424. The van der Waals surface area contributed by atoms with E-state index in [0.29, 0.717) is 17.1 Å². The quantitative estimate of drug-likeness (QED) is 0.865. The van der Waals surface area contributed by atoms with Crippen molar-refractivity contribution in [2.45, 2.75) is 12.5 Å². The number of benzene rings is 1. The van der Waals surface area contributed by atoms with Crippen molar-refractivity contribution in [3.05, 3.63) is 33.3 Å². The van der Waals surface area contributed by atoms with Crippen molar-refractivity contribution in [1.82, 2.24) is 4.90 Å². The molecule has 0 aromatic heterocycles. The minimum Gasteiger partial charge on any atom is -0.337 e. The van der Waals surface area contributed by atoms with Gasteiger partial charge in [0.1, 0.15) is 0 Å². The Morgan fingerprint density at radius 2 is 2.31 bits per heavy atom. The van der Waals surface area contributed by atoms with E-state index in [2.05, 4.69) is 15.9 Å². The van der Waals surface area contributed by atoms with Crippen LogP contribution >= 0.6 is 27.5 Å². The Morgan fingerprint density at radius 3 is 2.88 bits per heavy atom. The van der Waals surface area contributed by atoms with Gasteiger partial charge in [-0.25, -0.2) is 0 Å². The van der Waals surface area contributed by atoms with E-state index >= 15 is 0 Å². The summed E-state index contributed by atoms with van der Waals surface area (Å²) in [7, 11) is 0. The van der Waals surface area contributed by atoms with Gasteiger partial charge < -0.3 is 10.6 Å². The molecule has 16 heavy (non-hydrogen) atoms. The summed E-state index contributed by atoms with van der Waals surface area (Å²) in [6.45, 7) is 1.36. The van der Waals surface area contributed by atoms with Gasteiger partial charge in [0.25, 0.3) is 5.91 Å². The molecule has 3 nitrogen and oxygen atoms in total. The summed E-state index contributed by atoms with van der Waals surface area (Å²) < 4.78 is 0.727. The van der Waals surface area contributed by atoms with Gasteiger partial charge in [0.15, 0.2) is 0 Å². The number of hydrogen-bond donors (Lipinski definition) is 1. The Labute approximate surface area is 108 Å². The molecule has 1 amide bonds. The number of hydrogen-bond acceptors (Lipinski definition) is 2. The Kier molecular flexibility index (Phi) is 3.52. The number of likely N-dealkylation sites (tertiary alicyclic amines) is 1. The summed E-state index contributed by atoms with van der Waals surface area (Å²) in [5.74, 6) is 0.0106. The fourth-order valence-electron chi connectivity index (χ4n) is 1.81. The van der Waals surface area contributed by atoms with Crippen molar-refractivity contribution in [1.29, 1.82) is 0 Å². The van der Waals surface area contributed by atoms with E-state index in [0.717, 1.165) is 17.4 Å². The highest BCUT2D eigenvalue weighted by atomic mass is 79.9. The van der Waals surface area contributed by atoms with Crippen LogP contribution < -0.4 is 5.73 Å². The second kappa shape index (κ2) is 4.73. The van der Waals surface area contributed by atoms with Gasteiger partial charge in [-0.2, -0.15) is 0 Å². The molecule has 2 rings (SSSR count). The smallest absolute Gasteiger partial charge is 0.255 e. The van der Waals surface area contributed by atoms with Crippen molar-refractivity contribution in [3.8, 4) is 0 Å². The second-order valence-corrected chi connectivity index (χ2v) is 5.21. The standard InChI is InChI=1S/C11H12BrClN2O/c12-10-5-7(13)1-2-9(10)11(16)15-4-3-8(14)6-15/h1-2,5,8H,3-4,6,14H2/t8-/m1/s1. The number of rotatable bonds is 1. The van der Waals surface area contributed by atoms with Crippen LogP contribution in [0.2, 0.25) is 5.02 Å². The predicted octanol–water partition coefficient (Wildman–Crippen LogP) is 2.28. The average molecular weight is 304 g/mol. The Morgan fingerprint density at radius 1 is 1.56 bits per heavy atom. The highest BCUT2D eigenvalue weighted by molar-refractivity contribution is 9.10. The molecule has 5 heteroatoms. The van der Waals surface area contributed by atoms with Crippen molar-refractivity contribution < 1.29 is 4.79 Å². The fourth-order valence-corrected chi connectivity index (χ4v) is 2.66. The summed E-state index contributed by atoms with van der Waals surface area (Å²) >= 11 is 9.18. The number of nitrogens with zero attached hydrogens (tertiary/aromatic N) is 1. The molecule has 1 aliphatic heterocycles. The molecule has 0 saturated carbocycles. The van der Waals surface area contributed by atoms with E-state index in [-0.39, 0.29) is 11.9 Å². The monoisotopic (exact) mass is 302 g/mol. The molecule has 0 bridgehead atoms. The lowest BCUT2D eigenvalue weighted by atomic mass is 10.2. The van der Waals surface area contributed by atoms with Gasteiger partial charge in [-0.3, -0.25) is 4.79 Å². The maximum absolute atomic E-state index is 12.1. The van der Waals surface area contributed by atoms with Crippen molar-refractivity contribution in [2.24, 2.45) is 5.73 Å². The van der Waals surface area contributed by atoms with Crippen LogP contribution in [0.3, 0.4) is 0 Å². The zero-order valence-electron chi connectivity index (χ0n) is 8.62. The molecule has 1 heterocycles. The molecule has 86 valence electrons. The van der Waals surface area contributed by atoms with Gasteiger partial charge in [-0.05, 0) is 40.5 Å². The molecule has 0 unspecified atom stereocenters. The van der Waals surface area contributed by atoms with Crippen LogP contribution in [0.5, 0.6) is 0 Å². The van der Waals surface area contributed by atoms with E-state index in [4.69, 9.17) is 17.3 Å². The van der Waals surface area contributed by atoms with Crippen molar-refractivity contribution in [3.63, 3.8) is 0 Å². The maximum Gasteiger partial charge on any atom is 0.255 e. The number of halogens is 2. The third kappa shape index (κ3) is 2.39. The highest BCUT2D eigenvalue weighted by Gasteiger charge is 2.25. The summed E-state index contributed by atoms with van der Waals surface area (Å²) in [5, 5.41) is 0.613. The molecule has 1 aromatic carbocycles. The number of nitrogens with two attached hydrogens (primary N) is 1. The van der Waals surface area contributed by atoms with E-state index in [9.17, 15) is 4.79 Å². The fraction of sp³-hybridized carbons (Fsp3) is 0.364. The molecule has 1 fully saturated rings. The molecule has 0 radical (unpaired) electrons. The van der Waals surface area contributed by atoms with Gasteiger partial charge >= 0.3 is 0 Å². The van der Waals surface area contributed by atoms with E-state index in [1.807, 2.05) is 0 Å². The molecular formula is C11H12BrClN2O. The van der Waals surface area contributed by atoms with Crippen LogP contribution in [0.4, 0.5) is 0 Å². The van der Waals surface area contributed by atoms with Gasteiger partial charge in [0.2, 0.25) is 0 Å². The van der Waals surface area contributed by atoms with Gasteiger partial charge in [-0.15, -0.1) is 0 Å². The van der Waals surface area contributed by atoms with Gasteiger partial charge in [0.05, 0.1) is 5.56 Å². The summed E-state index contributed by atoms with van der Waals surface area (Å²) in [5.41, 5.74) is 6.41. The highest BCUT2D eigenvalue weighted by Crippen LogP contribution is 2.24.